The van der Waals surface area contributed by atoms with Crippen LogP contribution in [0.3, 0.4) is 0 Å². The van der Waals surface area contributed by atoms with Crippen molar-refractivity contribution in [3.8, 4) is 0 Å². The average Bonchev–Trinajstić information content (AvgIpc) is 2.47. The summed E-state index contributed by atoms with van der Waals surface area (Å²) in [4.78, 5) is 0. The molecule has 26 heavy (non-hydrogen) atoms. The molecule has 0 fully saturated rings. The quantitative estimate of drug-likeness (QED) is 0.362. The van der Waals surface area contributed by atoms with Crippen LogP contribution < -0.4 is 5.14 Å². The maximum atomic E-state index is 11.2. The third kappa shape index (κ3) is 17.3. The number of aliphatic hydroxyl groups excluding tert-OH is 1. The Morgan fingerprint density at radius 1 is 0.769 bits per heavy atom. The van der Waals surface area contributed by atoms with Gasteiger partial charge in [-0.3, -0.25) is 0 Å². The molecule has 0 aromatic heterocycles. The summed E-state index contributed by atoms with van der Waals surface area (Å²) >= 11 is 0. The van der Waals surface area contributed by atoms with E-state index in [1.807, 2.05) is 13.8 Å². The number of hydrogen-bond donors (Lipinski definition) is 2. The van der Waals surface area contributed by atoms with Crippen LogP contribution in [0.2, 0.25) is 0 Å². The van der Waals surface area contributed by atoms with Gasteiger partial charge in [-0.2, -0.15) is 0 Å². The number of primary sulfonamides is 1. The van der Waals surface area contributed by atoms with E-state index < -0.39 is 10.0 Å². The van der Waals surface area contributed by atoms with E-state index in [4.69, 9.17) is 15.0 Å². The van der Waals surface area contributed by atoms with Crippen molar-refractivity contribution in [2.24, 2.45) is 16.0 Å². The summed E-state index contributed by atoms with van der Waals surface area (Å²) in [5.74, 6) is 0.0383. The average molecular weight is 394 g/mol. The van der Waals surface area contributed by atoms with E-state index in [2.05, 4.69) is 13.8 Å². The molecule has 0 spiro atoms. The fourth-order valence-corrected chi connectivity index (χ4v) is 4.58. The first-order valence-electron chi connectivity index (χ1n) is 10.2. The predicted molar refractivity (Wildman–Crippen MR) is 110 cm³/mol. The zero-order valence-electron chi connectivity index (χ0n) is 17.6. The van der Waals surface area contributed by atoms with E-state index in [9.17, 15) is 8.42 Å². The Hall–Kier alpha value is -0.170. The first-order valence-corrected chi connectivity index (χ1v) is 11.9. The topological polar surface area (TPSA) is 89.6 Å². The lowest BCUT2D eigenvalue weighted by molar-refractivity contribution is 0.120. The molecular formula is C20H43NO4S. The van der Waals surface area contributed by atoms with Gasteiger partial charge in [0, 0.05) is 19.8 Å². The number of hydrogen-bond acceptors (Lipinski definition) is 4. The first kappa shape index (κ1) is 25.8. The Labute approximate surface area is 162 Å². The van der Waals surface area contributed by atoms with Gasteiger partial charge >= 0.3 is 0 Å². The van der Waals surface area contributed by atoms with Gasteiger partial charge in [0.2, 0.25) is 10.0 Å². The van der Waals surface area contributed by atoms with Gasteiger partial charge in [0.15, 0.2) is 0 Å². The molecule has 0 saturated carbocycles. The van der Waals surface area contributed by atoms with Crippen molar-refractivity contribution < 1.29 is 18.3 Å². The van der Waals surface area contributed by atoms with Crippen LogP contribution in [0, 0.1) is 10.8 Å². The summed E-state index contributed by atoms with van der Waals surface area (Å²) in [5.41, 5.74) is 0.112. The molecule has 0 amide bonds. The number of nitrogens with two attached hydrogens (primary N) is 1. The molecule has 0 aliphatic heterocycles. The Kier molecular flexibility index (Phi) is 13.0. The van der Waals surface area contributed by atoms with Crippen LogP contribution >= 0.6 is 0 Å². The van der Waals surface area contributed by atoms with Gasteiger partial charge in [-0.25, -0.2) is 13.6 Å². The third-order valence-corrected chi connectivity index (χ3v) is 6.07. The maximum Gasteiger partial charge on any atom is 0.209 e. The second kappa shape index (κ2) is 13.1. The molecule has 0 aliphatic rings. The van der Waals surface area contributed by atoms with Crippen LogP contribution in [-0.2, 0) is 14.8 Å². The van der Waals surface area contributed by atoms with Crippen LogP contribution in [0.4, 0.5) is 0 Å². The zero-order valence-corrected chi connectivity index (χ0v) is 18.4. The van der Waals surface area contributed by atoms with Crippen LogP contribution in [0.25, 0.3) is 0 Å². The fraction of sp³-hybridized carbons (Fsp3) is 1.00. The van der Waals surface area contributed by atoms with E-state index in [1.54, 1.807) is 0 Å². The lowest BCUT2D eigenvalue weighted by atomic mass is 9.82. The number of ether oxygens (including phenoxy) is 1. The molecule has 0 aromatic rings. The summed E-state index contributed by atoms with van der Waals surface area (Å²) in [6.45, 7) is 10.4. The van der Waals surface area contributed by atoms with E-state index in [0.717, 1.165) is 51.7 Å². The largest absolute Gasteiger partial charge is 0.396 e. The number of aliphatic hydroxyl groups is 1. The molecular weight excluding hydrogens is 350 g/mol. The predicted octanol–water partition coefficient (Wildman–Crippen LogP) is 4.24. The Morgan fingerprint density at radius 2 is 1.23 bits per heavy atom. The second-order valence-corrected chi connectivity index (χ2v) is 10.8. The Balaban J connectivity index is 3.58. The normalized spacial score (nSPS) is 13.3. The fourth-order valence-electron chi connectivity index (χ4n) is 3.35. The zero-order chi connectivity index (χ0) is 20.1. The summed E-state index contributed by atoms with van der Waals surface area (Å²) in [7, 11) is -3.40. The molecule has 0 heterocycles. The standard InChI is InChI=1S/C20H43NO4S/c1-19(2,12-6-5-9-15-22)13-7-10-16-25-17-11-8-14-20(3,4)18-26(21,23)24/h22H,5-18H2,1-4H3,(H2,21,23,24). The Bertz CT molecular complexity index is 447. The molecule has 0 radical (unpaired) electrons. The van der Waals surface area contributed by atoms with Crippen molar-refractivity contribution in [2.75, 3.05) is 25.6 Å². The highest BCUT2D eigenvalue weighted by molar-refractivity contribution is 7.89. The molecule has 0 atom stereocenters. The van der Waals surface area contributed by atoms with Crippen LogP contribution in [0.5, 0.6) is 0 Å². The molecule has 0 aliphatic carbocycles. The highest BCUT2D eigenvalue weighted by Gasteiger charge is 2.23. The SMILES string of the molecule is CC(C)(CCCCCO)CCCCOCCCCC(C)(C)CS(N)(=O)=O. The summed E-state index contributed by atoms with van der Waals surface area (Å²) in [6, 6.07) is 0. The molecule has 158 valence electrons. The number of rotatable bonds is 17. The Morgan fingerprint density at radius 3 is 1.69 bits per heavy atom. The van der Waals surface area contributed by atoms with Gasteiger partial charge in [0.25, 0.3) is 0 Å². The van der Waals surface area contributed by atoms with E-state index in [-0.39, 0.29) is 11.2 Å². The lowest BCUT2D eigenvalue weighted by Gasteiger charge is -2.24. The van der Waals surface area contributed by atoms with Crippen molar-refractivity contribution in [2.45, 2.75) is 91.9 Å². The van der Waals surface area contributed by atoms with Gasteiger partial charge in [0.05, 0.1) is 5.75 Å². The number of sulfonamides is 1. The maximum absolute atomic E-state index is 11.2. The molecule has 6 heteroatoms. The molecule has 5 nitrogen and oxygen atoms in total. The van der Waals surface area contributed by atoms with Crippen molar-refractivity contribution in [1.29, 1.82) is 0 Å². The molecule has 0 rings (SSSR count). The molecule has 0 unspecified atom stereocenters. The van der Waals surface area contributed by atoms with Gasteiger partial charge in [-0.1, -0.05) is 53.4 Å². The van der Waals surface area contributed by atoms with E-state index in [0.29, 0.717) is 12.0 Å². The third-order valence-electron chi connectivity index (χ3n) is 4.89. The smallest absolute Gasteiger partial charge is 0.209 e. The van der Waals surface area contributed by atoms with Crippen molar-refractivity contribution in [3.05, 3.63) is 0 Å². The van der Waals surface area contributed by atoms with Crippen molar-refractivity contribution in [1.82, 2.24) is 0 Å². The molecule has 0 bridgehead atoms. The van der Waals surface area contributed by atoms with Crippen LogP contribution in [-0.4, -0.2) is 39.1 Å². The van der Waals surface area contributed by atoms with Gasteiger partial charge < -0.3 is 9.84 Å². The minimum Gasteiger partial charge on any atom is -0.396 e. The molecule has 0 saturated heterocycles. The van der Waals surface area contributed by atoms with Crippen molar-refractivity contribution >= 4 is 10.0 Å². The van der Waals surface area contributed by atoms with E-state index >= 15 is 0 Å². The monoisotopic (exact) mass is 393 g/mol. The molecule has 0 aromatic carbocycles. The minimum absolute atomic E-state index is 0.0383. The summed E-state index contributed by atoms with van der Waals surface area (Å²) in [5, 5.41) is 13.9. The highest BCUT2D eigenvalue weighted by atomic mass is 32.2. The first-order chi connectivity index (χ1) is 12.0. The number of unbranched alkanes of at least 4 members (excludes halogenated alkanes) is 4. The minimum atomic E-state index is -3.40. The lowest BCUT2D eigenvalue weighted by Crippen LogP contribution is -2.29. The van der Waals surface area contributed by atoms with E-state index in [1.165, 1.54) is 25.7 Å². The summed E-state index contributed by atoms with van der Waals surface area (Å²) in [6.07, 6.45) is 10.7. The summed E-state index contributed by atoms with van der Waals surface area (Å²) < 4.78 is 28.1. The van der Waals surface area contributed by atoms with Gasteiger partial charge in [0.1, 0.15) is 0 Å². The highest BCUT2D eigenvalue weighted by Crippen LogP contribution is 2.29. The molecule has 3 N–H and O–H groups in total. The van der Waals surface area contributed by atoms with Crippen molar-refractivity contribution in [3.63, 3.8) is 0 Å². The van der Waals surface area contributed by atoms with Gasteiger partial charge in [-0.15, -0.1) is 0 Å². The van der Waals surface area contributed by atoms with Crippen LogP contribution in [0.1, 0.15) is 91.9 Å². The second-order valence-electron chi connectivity index (χ2n) is 9.20. The van der Waals surface area contributed by atoms with Crippen LogP contribution in [0.15, 0.2) is 0 Å². The van der Waals surface area contributed by atoms with Gasteiger partial charge in [-0.05, 0) is 49.4 Å².